The standard InChI is InChI=1S/C20H34N6O/c1-6-25(7-2)18(19-10-8-13-27-19)15-23-20(21-5)22-11-9-12-26-17(4)14-16(3)24-26/h8,10,13-14,18H,6-7,9,11-12,15H2,1-5H3,(H2,21,22,23). The fraction of sp³-hybridized carbons (Fsp3) is 0.600. The van der Waals surface area contributed by atoms with Crippen LogP contribution in [0.3, 0.4) is 0 Å². The normalized spacial score (nSPS) is 13.2. The summed E-state index contributed by atoms with van der Waals surface area (Å²) in [5, 5.41) is 11.3. The molecule has 150 valence electrons. The molecular weight excluding hydrogens is 340 g/mol. The molecule has 7 nitrogen and oxygen atoms in total. The number of hydrogen-bond donors (Lipinski definition) is 2. The molecule has 2 rings (SSSR count). The van der Waals surface area contributed by atoms with Gasteiger partial charge in [0.05, 0.1) is 18.0 Å². The van der Waals surface area contributed by atoms with Gasteiger partial charge in [-0.05, 0) is 51.6 Å². The number of nitrogens with one attached hydrogen (secondary N) is 2. The van der Waals surface area contributed by atoms with Crippen LogP contribution in [0.4, 0.5) is 0 Å². The molecule has 0 radical (unpaired) electrons. The topological polar surface area (TPSA) is 70.6 Å². The molecule has 0 bridgehead atoms. The largest absolute Gasteiger partial charge is 0.468 e. The second-order valence-corrected chi connectivity index (χ2v) is 6.64. The first-order valence-corrected chi connectivity index (χ1v) is 9.82. The smallest absolute Gasteiger partial charge is 0.191 e. The summed E-state index contributed by atoms with van der Waals surface area (Å²) >= 11 is 0. The average molecular weight is 375 g/mol. The number of aromatic nitrogens is 2. The van der Waals surface area contributed by atoms with E-state index in [4.69, 9.17) is 4.42 Å². The van der Waals surface area contributed by atoms with E-state index in [2.05, 4.69) is 57.1 Å². The van der Waals surface area contributed by atoms with Crippen LogP contribution in [0.2, 0.25) is 0 Å². The van der Waals surface area contributed by atoms with E-state index in [1.807, 2.05) is 19.1 Å². The highest BCUT2D eigenvalue weighted by atomic mass is 16.3. The zero-order chi connectivity index (χ0) is 19.6. The number of aryl methyl sites for hydroxylation is 3. The number of nitrogens with zero attached hydrogens (tertiary/aromatic N) is 4. The molecule has 0 aliphatic rings. The van der Waals surface area contributed by atoms with E-state index >= 15 is 0 Å². The summed E-state index contributed by atoms with van der Waals surface area (Å²) < 4.78 is 7.71. The third-order valence-corrected chi connectivity index (χ3v) is 4.75. The zero-order valence-electron chi connectivity index (χ0n) is 17.3. The Hall–Kier alpha value is -2.28. The Morgan fingerprint density at radius 3 is 2.63 bits per heavy atom. The summed E-state index contributed by atoms with van der Waals surface area (Å²) in [4.78, 5) is 6.72. The van der Waals surface area contributed by atoms with Gasteiger partial charge in [0.15, 0.2) is 5.96 Å². The molecule has 1 atom stereocenters. The Kier molecular flexibility index (Phi) is 8.39. The molecule has 0 aromatic carbocycles. The maximum Gasteiger partial charge on any atom is 0.191 e. The van der Waals surface area contributed by atoms with E-state index in [9.17, 15) is 0 Å². The maximum absolute atomic E-state index is 5.66. The zero-order valence-corrected chi connectivity index (χ0v) is 17.3. The van der Waals surface area contributed by atoms with Crippen LogP contribution in [-0.4, -0.2) is 53.9 Å². The molecule has 0 amide bonds. The highest BCUT2D eigenvalue weighted by Crippen LogP contribution is 2.20. The summed E-state index contributed by atoms with van der Waals surface area (Å²) in [6.07, 6.45) is 2.72. The highest BCUT2D eigenvalue weighted by Gasteiger charge is 2.20. The van der Waals surface area contributed by atoms with E-state index < -0.39 is 0 Å². The molecule has 2 N–H and O–H groups in total. The van der Waals surface area contributed by atoms with Crippen LogP contribution in [0.15, 0.2) is 33.9 Å². The van der Waals surface area contributed by atoms with Crippen LogP contribution in [0.1, 0.15) is 43.5 Å². The molecule has 7 heteroatoms. The second kappa shape index (κ2) is 10.8. The van der Waals surface area contributed by atoms with Crippen molar-refractivity contribution in [2.45, 2.75) is 46.7 Å². The Morgan fingerprint density at radius 2 is 2.07 bits per heavy atom. The number of guanidine groups is 1. The minimum Gasteiger partial charge on any atom is -0.468 e. The predicted octanol–water partition coefficient (Wildman–Crippen LogP) is 2.73. The highest BCUT2D eigenvalue weighted by molar-refractivity contribution is 5.79. The van der Waals surface area contributed by atoms with Gasteiger partial charge in [-0.25, -0.2) is 0 Å². The average Bonchev–Trinajstić information content (AvgIpc) is 3.29. The molecule has 0 saturated heterocycles. The van der Waals surface area contributed by atoms with Crippen molar-refractivity contribution in [1.29, 1.82) is 0 Å². The fourth-order valence-electron chi connectivity index (χ4n) is 3.31. The number of hydrogen-bond acceptors (Lipinski definition) is 4. The van der Waals surface area contributed by atoms with Gasteiger partial charge in [0.25, 0.3) is 0 Å². The van der Waals surface area contributed by atoms with Crippen LogP contribution in [0, 0.1) is 13.8 Å². The number of furan rings is 1. The van der Waals surface area contributed by atoms with Crippen LogP contribution >= 0.6 is 0 Å². The lowest BCUT2D eigenvalue weighted by molar-refractivity contribution is 0.193. The first-order valence-electron chi connectivity index (χ1n) is 9.82. The maximum atomic E-state index is 5.66. The molecule has 0 aliphatic heterocycles. The molecule has 1 unspecified atom stereocenters. The summed E-state index contributed by atoms with van der Waals surface area (Å²) in [7, 11) is 1.80. The van der Waals surface area contributed by atoms with Crippen LogP contribution < -0.4 is 10.6 Å². The minimum absolute atomic E-state index is 0.184. The second-order valence-electron chi connectivity index (χ2n) is 6.64. The van der Waals surface area contributed by atoms with Crippen LogP contribution in [-0.2, 0) is 6.54 Å². The van der Waals surface area contributed by atoms with Gasteiger partial charge in [-0.15, -0.1) is 0 Å². The first kappa shape index (κ1) is 21.0. The summed E-state index contributed by atoms with van der Waals surface area (Å²) in [6.45, 7) is 12.9. The van der Waals surface area contributed by atoms with Gasteiger partial charge < -0.3 is 15.1 Å². The molecule has 2 aromatic rings. The van der Waals surface area contributed by atoms with E-state index in [0.29, 0.717) is 0 Å². The minimum atomic E-state index is 0.184. The van der Waals surface area contributed by atoms with Crippen molar-refractivity contribution in [2.24, 2.45) is 4.99 Å². The molecule has 27 heavy (non-hydrogen) atoms. The van der Waals surface area contributed by atoms with Gasteiger partial charge in [0, 0.05) is 32.4 Å². The van der Waals surface area contributed by atoms with Gasteiger partial charge in [-0.2, -0.15) is 5.10 Å². The predicted molar refractivity (Wildman–Crippen MR) is 110 cm³/mol. The lowest BCUT2D eigenvalue weighted by atomic mass is 10.2. The quantitative estimate of drug-likeness (QED) is 0.380. The fourth-order valence-corrected chi connectivity index (χ4v) is 3.31. The van der Waals surface area contributed by atoms with Crippen molar-refractivity contribution < 1.29 is 4.42 Å². The monoisotopic (exact) mass is 374 g/mol. The molecule has 0 fully saturated rings. The number of aliphatic imine (C=N–C) groups is 1. The van der Waals surface area contributed by atoms with Crippen molar-refractivity contribution in [1.82, 2.24) is 25.3 Å². The molecule has 0 saturated carbocycles. The molecular formula is C20H34N6O. The van der Waals surface area contributed by atoms with Crippen molar-refractivity contribution in [3.63, 3.8) is 0 Å². The van der Waals surface area contributed by atoms with Gasteiger partial charge >= 0.3 is 0 Å². The molecule has 2 aromatic heterocycles. The van der Waals surface area contributed by atoms with E-state index in [0.717, 1.165) is 56.6 Å². The SMILES string of the molecule is CCN(CC)C(CNC(=NC)NCCCn1nc(C)cc1C)c1ccco1. The Bertz CT molecular complexity index is 687. The molecule has 2 heterocycles. The van der Waals surface area contributed by atoms with E-state index in [-0.39, 0.29) is 6.04 Å². The summed E-state index contributed by atoms with van der Waals surface area (Å²) in [5.74, 6) is 1.79. The van der Waals surface area contributed by atoms with Crippen molar-refractivity contribution in [3.8, 4) is 0 Å². The first-order chi connectivity index (χ1) is 13.1. The van der Waals surface area contributed by atoms with Crippen molar-refractivity contribution in [2.75, 3.05) is 33.2 Å². The number of rotatable bonds is 10. The van der Waals surface area contributed by atoms with Crippen LogP contribution in [0.5, 0.6) is 0 Å². The van der Waals surface area contributed by atoms with Crippen molar-refractivity contribution >= 4 is 5.96 Å². The van der Waals surface area contributed by atoms with E-state index in [1.165, 1.54) is 5.69 Å². The number of likely N-dealkylation sites (N-methyl/N-ethyl adjacent to an activating group) is 1. The summed E-state index contributed by atoms with van der Waals surface area (Å²) in [6, 6.07) is 6.27. The van der Waals surface area contributed by atoms with Gasteiger partial charge in [0.2, 0.25) is 0 Å². The third-order valence-electron chi connectivity index (χ3n) is 4.75. The Morgan fingerprint density at radius 1 is 1.30 bits per heavy atom. The third kappa shape index (κ3) is 6.13. The van der Waals surface area contributed by atoms with E-state index in [1.54, 1.807) is 13.3 Å². The Balaban J connectivity index is 1.81. The lowest BCUT2D eigenvalue weighted by Crippen LogP contribution is -2.43. The van der Waals surface area contributed by atoms with Gasteiger partial charge in [0.1, 0.15) is 5.76 Å². The Labute approximate surface area is 162 Å². The lowest BCUT2D eigenvalue weighted by Gasteiger charge is -2.28. The summed E-state index contributed by atoms with van der Waals surface area (Å²) in [5.41, 5.74) is 2.27. The molecule has 0 spiro atoms. The van der Waals surface area contributed by atoms with Gasteiger partial charge in [-0.3, -0.25) is 14.6 Å². The van der Waals surface area contributed by atoms with Gasteiger partial charge in [-0.1, -0.05) is 13.8 Å². The van der Waals surface area contributed by atoms with Crippen LogP contribution in [0.25, 0.3) is 0 Å². The van der Waals surface area contributed by atoms with Crippen molar-refractivity contribution in [3.05, 3.63) is 41.6 Å². The molecule has 0 aliphatic carbocycles.